The fourth-order valence-corrected chi connectivity index (χ4v) is 5.48. The Balaban J connectivity index is 1.51. The van der Waals surface area contributed by atoms with Gasteiger partial charge in [-0.2, -0.15) is 5.26 Å². The van der Waals surface area contributed by atoms with Crippen LogP contribution in [0.25, 0.3) is 55.4 Å². The van der Waals surface area contributed by atoms with Crippen molar-refractivity contribution in [2.45, 2.75) is 33.1 Å². The fraction of sp³-hybridized carbons (Fsp3) is 0.167. The van der Waals surface area contributed by atoms with Gasteiger partial charge in [-0.25, -0.2) is 4.57 Å². The SMILES string of the molecule is Cc1ccc2c(oc3c(-c4ccc(-c5ccc(C(C)(C)C)cc5)cc4)c(C#N)ccc32)c1-c1cccc[n+]1C. The summed E-state index contributed by atoms with van der Waals surface area (Å²) >= 11 is 0. The second-order valence-electron chi connectivity index (χ2n) is 11.3. The highest BCUT2D eigenvalue weighted by atomic mass is 16.3. The molecule has 0 saturated carbocycles. The summed E-state index contributed by atoms with van der Waals surface area (Å²) in [5, 5.41) is 12.1. The van der Waals surface area contributed by atoms with Gasteiger partial charge in [0.1, 0.15) is 18.2 Å². The van der Waals surface area contributed by atoms with E-state index in [4.69, 9.17) is 4.42 Å². The Morgan fingerprint density at radius 3 is 1.90 bits per heavy atom. The van der Waals surface area contributed by atoms with E-state index in [0.717, 1.165) is 55.4 Å². The molecular formula is C36H31N2O+. The lowest BCUT2D eigenvalue weighted by atomic mass is 9.86. The van der Waals surface area contributed by atoms with Crippen molar-refractivity contribution in [3.63, 3.8) is 0 Å². The quantitative estimate of drug-likeness (QED) is 0.224. The van der Waals surface area contributed by atoms with Gasteiger partial charge in [0.15, 0.2) is 6.20 Å². The number of benzene rings is 4. The Kier molecular flexibility index (Phi) is 5.85. The Bertz CT molecular complexity index is 1890. The van der Waals surface area contributed by atoms with Gasteiger partial charge in [0.25, 0.3) is 0 Å². The normalized spacial score (nSPS) is 11.7. The smallest absolute Gasteiger partial charge is 0.216 e. The van der Waals surface area contributed by atoms with Crippen LogP contribution in [0.4, 0.5) is 0 Å². The summed E-state index contributed by atoms with van der Waals surface area (Å²) in [6, 6.07) is 34.0. The molecule has 0 aliphatic carbocycles. The molecule has 0 aliphatic heterocycles. The molecule has 0 saturated heterocycles. The predicted octanol–water partition coefficient (Wildman–Crippen LogP) is 8.89. The van der Waals surface area contributed by atoms with Gasteiger partial charge in [-0.05, 0) is 58.4 Å². The van der Waals surface area contributed by atoms with Crippen molar-refractivity contribution in [2.24, 2.45) is 7.05 Å². The molecule has 190 valence electrons. The molecule has 0 amide bonds. The molecule has 4 aromatic carbocycles. The van der Waals surface area contributed by atoms with Crippen molar-refractivity contribution in [1.29, 1.82) is 5.26 Å². The van der Waals surface area contributed by atoms with Gasteiger partial charge in [0.2, 0.25) is 5.69 Å². The number of pyridine rings is 1. The van der Waals surface area contributed by atoms with Gasteiger partial charge in [0, 0.05) is 28.5 Å². The molecular weight excluding hydrogens is 476 g/mol. The predicted molar refractivity (Wildman–Crippen MR) is 159 cm³/mol. The molecule has 2 aromatic heterocycles. The van der Waals surface area contributed by atoms with Crippen LogP contribution >= 0.6 is 0 Å². The van der Waals surface area contributed by atoms with Crippen LogP contribution in [-0.2, 0) is 12.5 Å². The highest BCUT2D eigenvalue weighted by Crippen LogP contribution is 2.42. The molecule has 0 N–H and O–H groups in total. The van der Waals surface area contributed by atoms with Gasteiger partial charge in [-0.15, -0.1) is 0 Å². The second-order valence-corrected chi connectivity index (χ2v) is 11.3. The first-order valence-electron chi connectivity index (χ1n) is 13.3. The first-order valence-corrected chi connectivity index (χ1v) is 13.3. The lowest BCUT2D eigenvalue weighted by Gasteiger charge is -2.19. The third-order valence-corrected chi connectivity index (χ3v) is 7.71. The standard InChI is InChI=1S/C36H31N2O/c1-23-9-19-29-30-20-16-27(22-37)33(35(30)39-34(29)32(23)31-8-6-7-21-38(31)5)26-12-10-24(11-13-26)25-14-17-28(18-15-25)36(2,3)4/h6-21H,1-5H3/q+1. The molecule has 0 unspecified atom stereocenters. The number of nitriles is 1. The molecule has 3 nitrogen and oxygen atoms in total. The lowest BCUT2D eigenvalue weighted by molar-refractivity contribution is -0.660. The van der Waals surface area contributed by atoms with Crippen molar-refractivity contribution >= 4 is 21.9 Å². The summed E-state index contributed by atoms with van der Waals surface area (Å²) in [6.07, 6.45) is 2.05. The van der Waals surface area contributed by atoms with Gasteiger partial charge in [0.05, 0.1) is 17.2 Å². The summed E-state index contributed by atoms with van der Waals surface area (Å²) in [6.45, 7) is 8.80. The van der Waals surface area contributed by atoms with Gasteiger partial charge in [-0.3, -0.25) is 0 Å². The van der Waals surface area contributed by atoms with Crippen molar-refractivity contribution in [1.82, 2.24) is 0 Å². The van der Waals surface area contributed by atoms with Crippen LogP contribution in [0.15, 0.2) is 102 Å². The van der Waals surface area contributed by atoms with E-state index >= 15 is 0 Å². The van der Waals surface area contributed by atoms with E-state index in [1.165, 1.54) is 11.1 Å². The van der Waals surface area contributed by atoms with Gasteiger partial charge in [-0.1, -0.05) is 81.4 Å². The highest BCUT2D eigenvalue weighted by Gasteiger charge is 2.23. The monoisotopic (exact) mass is 507 g/mol. The van der Waals surface area contributed by atoms with E-state index in [1.54, 1.807) is 0 Å². The van der Waals surface area contributed by atoms with E-state index in [9.17, 15) is 5.26 Å². The van der Waals surface area contributed by atoms with E-state index in [-0.39, 0.29) is 5.41 Å². The average molecular weight is 508 g/mol. The van der Waals surface area contributed by atoms with E-state index in [0.29, 0.717) is 5.56 Å². The van der Waals surface area contributed by atoms with Gasteiger partial charge < -0.3 is 4.42 Å². The molecule has 39 heavy (non-hydrogen) atoms. The number of aryl methyl sites for hydroxylation is 2. The lowest BCUT2D eigenvalue weighted by Crippen LogP contribution is -2.30. The Labute approximate surface area is 229 Å². The summed E-state index contributed by atoms with van der Waals surface area (Å²) in [5.74, 6) is 0. The first kappa shape index (κ1) is 24.6. The van der Waals surface area contributed by atoms with Gasteiger partial charge >= 0.3 is 0 Å². The maximum absolute atomic E-state index is 10.1. The molecule has 2 heterocycles. The molecule has 0 bridgehead atoms. The molecule has 0 spiro atoms. The van der Waals surface area contributed by atoms with Crippen molar-refractivity contribution in [2.75, 3.05) is 0 Å². The highest BCUT2D eigenvalue weighted by molar-refractivity contribution is 6.14. The third-order valence-electron chi connectivity index (χ3n) is 7.71. The fourth-order valence-electron chi connectivity index (χ4n) is 5.48. The summed E-state index contributed by atoms with van der Waals surface area (Å²) in [7, 11) is 2.05. The molecule has 6 rings (SSSR count). The number of furan rings is 1. The Hall–Kier alpha value is -4.68. The minimum atomic E-state index is 0.123. The molecule has 0 fully saturated rings. The molecule has 3 heteroatoms. The topological polar surface area (TPSA) is 40.8 Å². The van der Waals surface area contributed by atoms with Crippen LogP contribution < -0.4 is 4.57 Å². The number of hydrogen-bond acceptors (Lipinski definition) is 2. The van der Waals surface area contributed by atoms with E-state index < -0.39 is 0 Å². The van der Waals surface area contributed by atoms with Crippen LogP contribution in [0, 0.1) is 18.3 Å². The largest absolute Gasteiger partial charge is 0.454 e. The van der Waals surface area contributed by atoms with E-state index in [2.05, 4.69) is 105 Å². The van der Waals surface area contributed by atoms with Crippen LogP contribution in [0.3, 0.4) is 0 Å². The number of aromatic nitrogens is 1. The number of fused-ring (bicyclic) bond motifs is 3. The Morgan fingerprint density at radius 1 is 0.692 bits per heavy atom. The maximum atomic E-state index is 10.1. The van der Waals surface area contributed by atoms with Crippen LogP contribution in [-0.4, -0.2) is 0 Å². The number of hydrogen-bond donors (Lipinski definition) is 0. The zero-order valence-corrected chi connectivity index (χ0v) is 23.0. The minimum absolute atomic E-state index is 0.123. The first-order chi connectivity index (χ1) is 18.8. The minimum Gasteiger partial charge on any atom is -0.454 e. The average Bonchev–Trinajstić information content (AvgIpc) is 3.31. The van der Waals surface area contributed by atoms with Crippen molar-refractivity contribution in [3.8, 4) is 39.6 Å². The number of nitrogens with zero attached hydrogens (tertiary/aromatic N) is 2. The second kappa shape index (κ2) is 9.26. The van der Waals surface area contributed by atoms with Crippen LogP contribution in [0.5, 0.6) is 0 Å². The molecule has 0 atom stereocenters. The number of rotatable bonds is 3. The summed E-state index contributed by atoms with van der Waals surface area (Å²) in [4.78, 5) is 0. The van der Waals surface area contributed by atoms with Crippen LogP contribution in [0.2, 0.25) is 0 Å². The Morgan fingerprint density at radius 2 is 1.28 bits per heavy atom. The summed E-state index contributed by atoms with van der Waals surface area (Å²) < 4.78 is 8.81. The zero-order chi connectivity index (χ0) is 27.3. The molecule has 6 aromatic rings. The summed E-state index contributed by atoms with van der Waals surface area (Å²) in [5.41, 5.74) is 11.1. The molecule has 0 radical (unpaired) electrons. The maximum Gasteiger partial charge on any atom is 0.216 e. The zero-order valence-electron chi connectivity index (χ0n) is 23.0. The van der Waals surface area contributed by atoms with E-state index in [1.807, 2.05) is 37.5 Å². The third kappa shape index (κ3) is 4.19. The van der Waals surface area contributed by atoms with Crippen molar-refractivity contribution in [3.05, 3.63) is 114 Å². The van der Waals surface area contributed by atoms with Crippen LogP contribution in [0.1, 0.15) is 37.5 Å². The molecule has 0 aliphatic rings. The van der Waals surface area contributed by atoms with Crippen molar-refractivity contribution < 1.29 is 8.98 Å².